The first-order valence-electron chi connectivity index (χ1n) is 4.77. The minimum absolute atomic E-state index is 0.0483. The Labute approximate surface area is 98.3 Å². The average Bonchev–Trinajstić information content (AvgIpc) is 2.34. The van der Waals surface area contributed by atoms with Gasteiger partial charge in [0.05, 0.1) is 24.0 Å². The Morgan fingerprint density at radius 3 is 2.69 bits per heavy atom. The van der Waals surface area contributed by atoms with Crippen molar-refractivity contribution in [1.82, 2.24) is 5.32 Å². The van der Waals surface area contributed by atoms with Crippen LogP contribution in [0.1, 0.15) is 5.56 Å². The Hall–Kier alpha value is -1.51. The maximum absolute atomic E-state index is 11.2. The van der Waals surface area contributed by atoms with E-state index in [4.69, 9.17) is 10.4 Å². The fourth-order valence-corrected chi connectivity index (χ4v) is 1.75. The van der Waals surface area contributed by atoms with Gasteiger partial charge in [-0.25, -0.2) is 0 Å². The van der Waals surface area contributed by atoms with Crippen LogP contribution in [0.5, 0.6) is 0 Å². The molecule has 0 unspecified atom stereocenters. The molecule has 0 saturated carbocycles. The third-order valence-corrected chi connectivity index (χ3v) is 2.80. The second-order valence-corrected chi connectivity index (χ2v) is 4.05. The molecule has 0 bridgehead atoms. The fourth-order valence-electron chi connectivity index (χ4n) is 1.02. The molecule has 4 nitrogen and oxygen atoms in total. The quantitative estimate of drug-likeness (QED) is 0.740. The zero-order valence-electron chi connectivity index (χ0n) is 8.64. The molecule has 1 aromatic rings. The van der Waals surface area contributed by atoms with E-state index < -0.39 is 0 Å². The summed E-state index contributed by atoms with van der Waals surface area (Å²) in [4.78, 5) is 12.1. The predicted octanol–water partition coefficient (Wildman–Crippen LogP) is 0.759. The number of nitrogens with one attached hydrogen (secondary N) is 1. The number of carbonyl (C=O) groups excluding carboxylic acids is 1. The third kappa shape index (κ3) is 4.34. The molecule has 0 spiro atoms. The van der Waals surface area contributed by atoms with E-state index in [1.54, 1.807) is 12.1 Å². The normalized spacial score (nSPS) is 9.50. The lowest BCUT2D eigenvalue weighted by Crippen LogP contribution is -2.27. The molecular weight excluding hydrogens is 224 g/mol. The molecule has 0 fully saturated rings. The van der Waals surface area contributed by atoms with Gasteiger partial charge in [0.15, 0.2) is 0 Å². The van der Waals surface area contributed by atoms with Crippen LogP contribution in [0.3, 0.4) is 0 Å². The second kappa shape index (κ2) is 6.88. The van der Waals surface area contributed by atoms with Gasteiger partial charge in [-0.1, -0.05) is 0 Å². The minimum Gasteiger partial charge on any atom is -0.395 e. The Balaban J connectivity index is 2.37. The van der Waals surface area contributed by atoms with Crippen LogP contribution in [0.25, 0.3) is 0 Å². The van der Waals surface area contributed by atoms with Crippen molar-refractivity contribution in [3.8, 4) is 6.07 Å². The highest BCUT2D eigenvalue weighted by atomic mass is 32.2. The number of carbonyl (C=O) groups is 1. The number of aliphatic hydroxyl groups excluding tert-OH is 1. The van der Waals surface area contributed by atoms with Gasteiger partial charge in [-0.15, -0.1) is 11.8 Å². The maximum Gasteiger partial charge on any atom is 0.230 e. The van der Waals surface area contributed by atoms with E-state index in [9.17, 15) is 4.79 Å². The molecule has 1 amide bonds. The van der Waals surface area contributed by atoms with E-state index >= 15 is 0 Å². The number of hydrogen-bond acceptors (Lipinski definition) is 4. The highest BCUT2D eigenvalue weighted by Gasteiger charge is 2.01. The van der Waals surface area contributed by atoms with Crippen LogP contribution >= 0.6 is 11.8 Å². The highest BCUT2D eigenvalue weighted by Crippen LogP contribution is 2.17. The number of nitrogens with zero attached hydrogens (tertiary/aromatic N) is 1. The molecule has 2 N–H and O–H groups in total. The smallest absolute Gasteiger partial charge is 0.230 e. The zero-order chi connectivity index (χ0) is 11.8. The molecule has 0 aliphatic carbocycles. The van der Waals surface area contributed by atoms with Crippen molar-refractivity contribution in [3.63, 3.8) is 0 Å². The molecule has 0 aliphatic heterocycles. The van der Waals surface area contributed by atoms with E-state index in [-0.39, 0.29) is 19.1 Å². The first-order valence-corrected chi connectivity index (χ1v) is 5.75. The van der Waals surface area contributed by atoms with Crippen molar-refractivity contribution in [1.29, 1.82) is 5.26 Å². The van der Waals surface area contributed by atoms with Crippen LogP contribution in [0.4, 0.5) is 0 Å². The number of benzene rings is 1. The third-order valence-electron chi connectivity index (χ3n) is 1.79. The van der Waals surface area contributed by atoms with Crippen LogP contribution in [0.2, 0.25) is 0 Å². The molecule has 0 saturated heterocycles. The Bertz CT molecular complexity index is 384. The van der Waals surface area contributed by atoms with E-state index in [2.05, 4.69) is 5.32 Å². The van der Waals surface area contributed by atoms with Gasteiger partial charge in [-0.05, 0) is 24.3 Å². The van der Waals surface area contributed by atoms with Crippen LogP contribution < -0.4 is 5.32 Å². The number of amides is 1. The monoisotopic (exact) mass is 236 g/mol. The van der Waals surface area contributed by atoms with Gasteiger partial charge in [-0.2, -0.15) is 5.26 Å². The first kappa shape index (κ1) is 12.6. The van der Waals surface area contributed by atoms with Crippen LogP contribution in [0.15, 0.2) is 29.2 Å². The lowest BCUT2D eigenvalue weighted by atomic mass is 10.2. The lowest BCUT2D eigenvalue weighted by Gasteiger charge is -2.03. The molecule has 1 rings (SSSR count). The first-order chi connectivity index (χ1) is 7.76. The van der Waals surface area contributed by atoms with Gasteiger partial charge in [-0.3, -0.25) is 4.79 Å². The summed E-state index contributed by atoms with van der Waals surface area (Å²) in [6, 6.07) is 9.08. The van der Waals surface area contributed by atoms with Crippen molar-refractivity contribution in [3.05, 3.63) is 29.8 Å². The number of rotatable bonds is 5. The summed E-state index contributed by atoms with van der Waals surface area (Å²) in [5.41, 5.74) is 0.606. The standard InChI is InChI=1S/C11H12N2O2S/c12-7-9-1-3-10(4-2-9)16-8-11(15)13-5-6-14/h1-4,14H,5-6,8H2,(H,13,15). The Morgan fingerprint density at radius 1 is 1.44 bits per heavy atom. The fraction of sp³-hybridized carbons (Fsp3) is 0.273. The van der Waals surface area contributed by atoms with Gasteiger partial charge in [0.1, 0.15) is 0 Å². The Morgan fingerprint density at radius 2 is 2.12 bits per heavy atom. The average molecular weight is 236 g/mol. The van der Waals surface area contributed by atoms with Gasteiger partial charge >= 0.3 is 0 Å². The van der Waals surface area contributed by atoms with Gasteiger partial charge in [0, 0.05) is 11.4 Å². The summed E-state index contributed by atoms with van der Waals surface area (Å²) >= 11 is 1.40. The van der Waals surface area contributed by atoms with E-state index in [1.807, 2.05) is 18.2 Å². The SMILES string of the molecule is N#Cc1ccc(SCC(=O)NCCO)cc1. The molecule has 0 aromatic heterocycles. The molecule has 0 aliphatic rings. The molecule has 0 heterocycles. The van der Waals surface area contributed by atoms with Crippen molar-refractivity contribution in [2.75, 3.05) is 18.9 Å². The summed E-state index contributed by atoms with van der Waals surface area (Å²) in [7, 11) is 0. The lowest BCUT2D eigenvalue weighted by molar-refractivity contribution is -0.118. The van der Waals surface area contributed by atoms with E-state index in [1.165, 1.54) is 11.8 Å². The highest BCUT2D eigenvalue weighted by molar-refractivity contribution is 8.00. The van der Waals surface area contributed by atoms with Crippen molar-refractivity contribution >= 4 is 17.7 Å². The van der Waals surface area contributed by atoms with Crippen molar-refractivity contribution in [2.24, 2.45) is 0 Å². The minimum atomic E-state index is -0.108. The van der Waals surface area contributed by atoms with Gasteiger partial charge < -0.3 is 10.4 Å². The van der Waals surface area contributed by atoms with Gasteiger partial charge in [0.25, 0.3) is 0 Å². The van der Waals surface area contributed by atoms with E-state index in [0.717, 1.165) is 4.90 Å². The topological polar surface area (TPSA) is 73.1 Å². The van der Waals surface area contributed by atoms with Crippen molar-refractivity contribution in [2.45, 2.75) is 4.90 Å². The molecule has 0 radical (unpaired) electrons. The van der Waals surface area contributed by atoms with Crippen molar-refractivity contribution < 1.29 is 9.90 Å². The molecule has 16 heavy (non-hydrogen) atoms. The van der Waals surface area contributed by atoms with Crippen LogP contribution in [-0.2, 0) is 4.79 Å². The summed E-state index contributed by atoms with van der Waals surface area (Å²) in [5.74, 6) is 0.203. The summed E-state index contributed by atoms with van der Waals surface area (Å²) in [5, 5.41) is 19.7. The second-order valence-electron chi connectivity index (χ2n) is 3.00. The van der Waals surface area contributed by atoms with Gasteiger partial charge in [0.2, 0.25) is 5.91 Å². The molecular formula is C11H12N2O2S. The molecule has 1 aromatic carbocycles. The van der Waals surface area contributed by atoms with E-state index in [0.29, 0.717) is 11.3 Å². The predicted molar refractivity (Wildman–Crippen MR) is 62.0 cm³/mol. The van der Waals surface area contributed by atoms with Crippen LogP contribution in [0, 0.1) is 11.3 Å². The maximum atomic E-state index is 11.2. The summed E-state index contributed by atoms with van der Waals surface area (Å²) < 4.78 is 0. The number of thioether (sulfide) groups is 1. The number of aliphatic hydroxyl groups is 1. The summed E-state index contributed by atoms with van der Waals surface area (Å²) in [6.45, 7) is 0.236. The largest absolute Gasteiger partial charge is 0.395 e. The number of hydrogen-bond donors (Lipinski definition) is 2. The molecule has 0 atom stereocenters. The molecule has 84 valence electrons. The van der Waals surface area contributed by atoms with Crippen LogP contribution in [-0.4, -0.2) is 29.9 Å². The molecule has 5 heteroatoms. The number of nitriles is 1. The Kier molecular flexibility index (Phi) is 5.40. The zero-order valence-corrected chi connectivity index (χ0v) is 9.46. The summed E-state index contributed by atoms with van der Waals surface area (Å²) in [6.07, 6.45) is 0.